The van der Waals surface area contributed by atoms with Crippen molar-refractivity contribution >= 4 is 55.4 Å². The molecule has 0 aliphatic rings. The largest absolute Gasteiger partial charge is 0.296 e. The number of aromatic nitrogens is 2. The summed E-state index contributed by atoms with van der Waals surface area (Å²) in [5, 5.41) is 13.9. The monoisotopic (exact) mass is 365 g/mol. The molecule has 0 saturated heterocycles. The third kappa shape index (κ3) is 3.39. The first-order valence-corrected chi connectivity index (χ1v) is 9.43. The van der Waals surface area contributed by atoms with Crippen molar-refractivity contribution in [2.75, 3.05) is 5.32 Å². The van der Waals surface area contributed by atoms with Crippen LogP contribution in [0.1, 0.15) is 47.3 Å². The van der Waals surface area contributed by atoms with Crippen LogP contribution >= 0.6 is 34.3 Å². The average Bonchev–Trinajstić information content (AvgIpc) is 3.13. The van der Waals surface area contributed by atoms with Gasteiger partial charge in [-0.15, -0.1) is 21.5 Å². The van der Waals surface area contributed by atoms with Gasteiger partial charge in [-0.05, 0) is 12.5 Å². The number of carbonyl (C=O) groups excluding carboxylic acids is 1. The number of anilines is 1. The van der Waals surface area contributed by atoms with Gasteiger partial charge in [-0.2, -0.15) is 0 Å². The van der Waals surface area contributed by atoms with Gasteiger partial charge in [-0.1, -0.05) is 61.4 Å². The Labute approximate surface area is 147 Å². The molecule has 1 amide bonds. The van der Waals surface area contributed by atoms with E-state index in [1.807, 2.05) is 24.3 Å². The lowest BCUT2D eigenvalue weighted by molar-refractivity contribution is 0.103. The minimum Gasteiger partial charge on any atom is -0.296 e. The second-order valence-electron chi connectivity index (χ2n) is 5.33. The second kappa shape index (κ2) is 6.95. The summed E-state index contributed by atoms with van der Waals surface area (Å²) in [6.07, 6.45) is 2.16. The minimum atomic E-state index is -0.234. The quantitative estimate of drug-likeness (QED) is 0.643. The van der Waals surface area contributed by atoms with Crippen LogP contribution in [-0.2, 0) is 0 Å². The van der Waals surface area contributed by atoms with E-state index in [1.54, 1.807) is 0 Å². The highest BCUT2D eigenvalue weighted by Crippen LogP contribution is 2.36. The third-order valence-electron chi connectivity index (χ3n) is 3.55. The molecule has 120 valence electrons. The van der Waals surface area contributed by atoms with E-state index in [2.05, 4.69) is 29.4 Å². The van der Waals surface area contributed by atoms with E-state index in [9.17, 15) is 4.79 Å². The Hall–Kier alpha value is -1.50. The predicted molar refractivity (Wildman–Crippen MR) is 98.0 cm³/mol. The molecule has 3 aromatic rings. The molecule has 7 heteroatoms. The van der Waals surface area contributed by atoms with Crippen LogP contribution < -0.4 is 5.32 Å². The van der Waals surface area contributed by atoms with Crippen LogP contribution in [0.5, 0.6) is 0 Å². The molecule has 1 N–H and O–H groups in total. The zero-order valence-corrected chi connectivity index (χ0v) is 15.2. The van der Waals surface area contributed by atoms with Crippen molar-refractivity contribution in [1.82, 2.24) is 10.2 Å². The summed E-state index contributed by atoms with van der Waals surface area (Å²) >= 11 is 9.14. The topological polar surface area (TPSA) is 54.9 Å². The molecule has 1 aromatic carbocycles. The van der Waals surface area contributed by atoms with Crippen LogP contribution in [-0.4, -0.2) is 16.1 Å². The van der Waals surface area contributed by atoms with E-state index in [1.165, 1.54) is 22.7 Å². The lowest BCUT2D eigenvalue weighted by Crippen LogP contribution is -2.10. The van der Waals surface area contributed by atoms with Gasteiger partial charge in [0.15, 0.2) is 0 Å². The zero-order chi connectivity index (χ0) is 16.4. The van der Waals surface area contributed by atoms with E-state index < -0.39 is 0 Å². The molecule has 3 rings (SSSR count). The number of nitrogens with one attached hydrogen (secondary N) is 1. The number of carbonyl (C=O) groups is 1. The molecule has 0 fully saturated rings. The van der Waals surface area contributed by atoms with E-state index in [0.717, 1.165) is 27.9 Å². The standard InChI is InChI=1S/C16H16ClN3OS2/c1-3-6-9(2)15-19-20-16(23-15)18-14(21)13-12(17)10-7-4-5-8-11(10)22-13/h4-5,7-9H,3,6H2,1-2H3,(H,18,20,21)/t9-/m1/s1. The molecule has 2 aromatic heterocycles. The van der Waals surface area contributed by atoms with E-state index in [-0.39, 0.29) is 5.91 Å². The number of hydrogen-bond acceptors (Lipinski definition) is 5. The molecule has 0 aliphatic carbocycles. The van der Waals surface area contributed by atoms with Gasteiger partial charge in [0.25, 0.3) is 5.91 Å². The SMILES string of the molecule is CCC[C@@H](C)c1nnc(NC(=O)c2sc3ccccc3c2Cl)s1. The highest BCUT2D eigenvalue weighted by Gasteiger charge is 2.19. The molecular formula is C16H16ClN3OS2. The lowest BCUT2D eigenvalue weighted by atomic mass is 10.1. The molecule has 0 spiro atoms. The average molecular weight is 366 g/mol. The highest BCUT2D eigenvalue weighted by atomic mass is 35.5. The number of rotatable bonds is 5. The Balaban J connectivity index is 1.79. The number of benzene rings is 1. The van der Waals surface area contributed by atoms with Crippen molar-refractivity contribution in [3.63, 3.8) is 0 Å². The summed E-state index contributed by atoms with van der Waals surface area (Å²) < 4.78 is 0.997. The second-order valence-corrected chi connectivity index (χ2v) is 7.77. The fraction of sp³-hybridized carbons (Fsp3) is 0.312. The summed E-state index contributed by atoms with van der Waals surface area (Å²) in [7, 11) is 0. The Morgan fingerprint density at radius 3 is 2.83 bits per heavy atom. The number of nitrogens with zero attached hydrogens (tertiary/aromatic N) is 2. The first-order chi connectivity index (χ1) is 11.1. The summed E-state index contributed by atoms with van der Waals surface area (Å²) in [5.74, 6) is 0.123. The molecule has 2 heterocycles. The molecule has 0 radical (unpaired) electrons. The van der Waals surface area contributed by atoms with Crippen LogP contribution in [0.25, 0.3) is 10.1 Å². The predicted octanol–water partition coefficient (Wildman–Crippen LogP) is 5.56. The molecule has 23 heavy (non-hydrogen) atoms. The Morgan fingerprint density at radius 1 is 1.30 bits per heavy atom. The van der Waals surface area contributed by atoms with Gasteiger partial charge in [-0.25, -0.2) is 0 Å². The maximum Gasteiger partial charge on any atom is 0.269 e. The zero-order valence-electron chi connectivity index (χ0n) is 12.8. The molecule has 0 unspecified atom stereocenters. The van der Waals surface area contributed by atoms with Crippen LogP contribution in [0.3, 0.4) is 0 Å². The number of hydrogen-bond donors (Lipinski definition) is 1. The summed E-state index contributed by atoms with van der Waals surface area (Å²) in [5.41, 5.74) is 0. The van der Waals surface area contributed by atoms with Gasteiger partial charge in [0.05, 0.1) is 5.02 Å². The number of halogens is 1. The first-order valence-electron chi connectivity index (χ1n) is 7.42. The Kier molecular flexibility index (Phi) is 4.94. The minimum absolute atomic E-state index is 0.234. The first kappa shape index (κ1) is 16.4. The Morgan fingerprint density at radius 2 is 2.09 bits per heavy atom. The van der Waals surface area contributed by atoms with Crippen LogP contribution in [0, 0.1) is 0 Å². The molecular weight excluding hydrogens is 350 g/mol. The van der Waals surface area contributed by atoms with E-state index in [0.29, 0.717) is 20.9 Å². The maximum absolute atomic E-state index is 12.5. The van der Waals surface area contributed by atoms with Gasteiger partial charge in [0.1, 0.15) is 9.88 Å². The van der Waals surface area contributed by atoms with Gasteiger partial charge in [-0.3, -0.25) is 10.1 Å². The molecule has 0 saturated carbocycles. The number of amides is 1. The van der Waals surface area contributed by atoms with Crippen molar-refractivity contribution in [3.05, 3.63) is 39.2 Å². The molecule has 0 bridgehead atoms. The van der Waals surface area contributed by atoms with Crippen molar-refractivity contribution < 1.29 is 4.79 Å². The summed E-state index contributed by atoms with van der Waals surface area (Å²) in [6, 6.07) is 7.72. The molecule has 4 nitrogen and oxygen atoms in total. The van der Waals surface area contributed by atoms with Crippen molar-refractivity contribution in [1.29, 1.82) is 0 Å². The van der Waals surface area contributed by atoms with Crippen molar-refractivity contribution in [3.8, 4) is 0 Å². The van der Waals surface area contributed by atoms with Crippen molar-refractivity contribution in [2.24, 2.45) is 0 Å². The Bertz CT molecular complexity index is 843. The van der Waals surface area contributed by atoms with Gasteiger partial charge >= 0.3 is 0 Å². The van der Waals surface area contributed by atoms with Gasteiger partial charge < -0.3 is 0 Å². The lowest BCUT2D eigenvalue weighted by Gasteiger charge is -2.03. The van der Waals surface area contributed by atoms with Crippen LogP contribution in [0.15, 0.2) is 24.3 Å². The maximum atomic E-state index is 12.5. The van der Waals surface area contributed by atoms with Gasteiger partial charge in [0, 0.05) is 16.0 Å². The normalized spacial score (nSPS) is 12.5. The van der Waals surface area contributed by atoms with Crippen LogP contribution in [0.4, 0.5) is 5.13 Å². The van der Waals surface area contributed by atoms with Crippen molar-refractivity contribution in [2.45, 2.75) is 32.6 Å². The fourth-order valence-corrected chi connectivity index (χ4v) is 4.59. The summed E-state index contributed by atoms with van der Waals surface area (Å²) in [4.78, 5) is 13.0. The highest BCUT2D eigenvalue weighted by molar-refractivity contribution is 7.22. The fourth-order valence-electron chi connectivity index (χ4n) is 2.35. The third-order valence-corrected chi connectivity index (χ3v) is 6.29. The van der Waals surface area contributed by atoms with Crippen LogP contribution in [0.2, 0.25) is 5.02 Å². The molecule has 0 aliphatic heterocycles. The smallest absolute Gasteiger partial charge is 0.269 e. The number of thiophene rings is 1. The number of fused-ring (bicyclic) bond motifs is 1. The van der Waals surface area contributed by atoms with Gasteiger partial charge in [0.2, 0.25) is 5.13 Å². The summed E-state index contributed by atoms with van der Waals surface area (Å²) in [6.45, 7) is 4.27. The van der Waals surface area contributed by atoms with E-state index >= 15 is 0 Å². The van der Waals surface area contributed by atoms with E-state index in [4.69, 9.17) is 11.6 Å². The molecule has 1 atom stereocenters.